The normalized spacial score (nSPS) is 11.9. The maximum Gasteiger partial charge on any atom is 0.253 e. The standard InChI is InChI=1S/C14H13ClN2O/c1-10(11-6-8-16-9-7-11)17-14(18)12-4-2-3-5-13(12)15/h2-10H,1H3,(H,17,18). The highest BCUT2D eigenvalue weighted by molar-refractivity contribution is 6.33. The third-order valence-electron chi connectivity index (χ3n) is 2.67. The molecule has 18 heavy (non-hydrogen) atoms. The van der Waals surface area contributed by atoms with Crippen LogP contribution in [0.25, 0.3) is 0 Å². The van der Waals surface area contributed by atoms with Crippen LogP contribution in [-0.4, -0.2) is 10.9 Å². The summed E-state index contributed by atoms with van der Waals surface area (Å²) in [6.07, 6.45) is 3.40. The summed E-state index contributed by atoms with van der Waals surface area (Å²) in [5.41, 5.74) is 1.49. The first-order valence-electron chi connectivity index (χ1n) is 5.64. The van der Waals surface area contributed by atoms with Gasteiger partial charge >= 0.3 is 0 Å². The Labute approximate surface area is 111 Å². The number of benzene rings is 1. The van der Waals surface area contributed by atoms with Gasteiger partial charge in [-0.3, -0.25) is 9.78 Å². The number of halogens is 1. The van der Waals surface area contributed by atoms with E-state index in [-0.39, 0.29) is 11.9 Å². The Hall–Kier alpha value is -1.87. The number of hydrogen-bond acceptors (Lipinski definition) is 2. The molecule has 2 aromatic rings. The summed E-state index contributed by atoms with van der Waals surface area (Å²) in [5.74, 6) is -0.176. The smallest absolute Gasteiger partial charge is 0.253 e. The van der Waals surface area contributed by atoms with E-state index in [2.05, 4.69) is 10.3 Å². The molecule has 2 rings (SSSR count). The third-order valence-corrected chi connectivity index (χ3v) is 3.00. The van der Waals surface area contributed by atoms with E-state index in [0.29, 0.717) is 10.6 Å². The van der Waals surface area contributed by atoms with E-state index in [1.165, 1.54) is 0 Å². The Morgan fingerprint density at radius 2 is 1.89 bits per heavy atom. The Morgan fingerprint density at radius 1 is 1.22 bits per heavy atom. The van der Waals surface area contributed by atoms with Crippen molar-refractivity contribution in [2.75, 3.05) is 0 Å². The van der Waals surface area contributed by atoms with Crippen molar-refractivity contribution in [3.63, 3.8) is 0 Å². The van der Waals surface area contributed by atoms with Crippen molar-refractivity contribution in [1.29, 1.82) is 0 Å². The topological polar surface area (TPSA) is 42.0 Å². The molecule has 4 heteroatoms. The molecule has 0 aliphatic carbocycles. The van der Waals surface area contributed by atoms with Crippen LogP contribution in [0.5, 0.6) is 0 Å². The Morgan fingerprint density at radius 3 is 2.56 bits per heavy atom. The number of pyridine rings is 1. The maximum absolute atomic E-state index is 12.0. The van der Waals surface area contributed by atoms with E-state index < -0.39 is 0 Å². The van der Waals surface area contributed by atoms with E-state index in [0.717, 1.165) is 5.56 Å². The monoisotopic (exact) mass is 260 g/mol. The van der Waals surface area contributed by atoms with Gasteiger partial charge in [-0.25, -0.2) is 0 Å². The summed E-state index contributed by atoms with van der Waals surface area (Å²) >= 11 is 5.98. The quantitative estimate of drug-likeness (QED) is 0.921. The lowest BCUT2D eigenvalue weighted by Crippen LogP contribution is -2.26. The Bertz CT molecular complexity index is 543. The molecule has 1 unspecified atom stereocenters. The average molecular weight is 261 g/mol. The number of amides is 1. The molecule has 1 aromatic carbocycles. The zero-order valence-electron chi connectivity index (χ0n) is 9.93. The molecule has 0 saturated heterocycles. The van der Waals surface area contributed by atoms with Crippen molar-refractivity contribution in [2.45, 2.75) is 13.0 Å². The first kappa shape index (κ1) is 12.6. The number of aromatic nitrogens is 1. The minimum absolute atomic E-state index is 0.0863. The second-order valence-electron chi connectivity index (χ2n) is 3.96. The summed E-state index contributed by atoms with van der Waals surface area (Å²) < 4.78 is 0. The van der Waals surface area contributed by atoms with Crippen LogP contribution in [0.1, 0.15) is 28.9 Å². The van der Waals surface area contributed by atoms with Crippen LogP contribution in [0.4, 0.5) is 0 Å². The lowest BCUT2D eigenvalue weighted by Gasteiger charge is -2.14. The highest BCUT2D eigenvalue weighted by Crippen LogP contribution is 2.17. The highest BCUT2D eigenvalue weighted by atomic mass is 35.5. The van der Waals surface area contributed by atoms with E-state index in [4.69, 9.17) is 11.6 Å². The van der Waals surface area contributed by atoms with Gasteiger partial charge in [-0.15, -0.1) is 0 Å². The lowest BCUT2D eigenvalue weighted by molar-refractivity contribution is 0.0940. The van der Waals surface area contributed by atoms with E-state index >= 15 is 0 Å². The van der Waals surface area contributed by atoms with E-state index in [1.807, 2.05) is 19.1 Å². The van der Waals surface area contributed by atoms with Crippen LogP contribution in [0.15, 0.2) is 48.8 Å². The molecule has 1 N–H and O–H groups in total. The summed E-state index contributed by atoms with van der Waals surface area (Å²) in [7, 11) is 0. The number of carbonyl (C=O) groups is 1. The van der Waals surface area contributed by atoms with E-state index in [9.17, 15) is 4.79 Å². The summed E-state index contributed by atoms with van der Waals surface area (Å²) in [6.45, 7) is 1.92. The van der Waals surface area contributed by atoms with Gasteiger partial charge in [-0.05, 0) is 36.8 Å². The number of hydrogen-bond donors (Lipinski definition) is 1. The molecule has 3 nitrogen and oxygen atoms in total. The van der Waals surface area contributed by atoms with Gasteiger partial charge in [0.1, 0.15) is 0 Å². The summed E-state index contributed by atoms with van der Waals surface area (Å²) in [6, 6.07) is 10.7. The zero-order valence-corrected chi connectivity index (χ0v) is 10.7. The first-order valence-corrected chi connectivity index (χ1v) is 6.01. The molecule has 1 atom stereocenters. The third kappa shape index (κ3) is 2.87. The minimum atomic E-state index is -0.176. The van der Waals surface area contributed by atoms with Crippen LogP contribution < -0.4 is 5.32 Å². The van der Waals surface area contributed by atoms with Gasteiger partial charge in [-0.2, -0.15) is 0 Å². The van der Waals surface area contributed by atoms with Crippen LogP contribution in [0, 0.1) is 0 Å². The fraction of sp³-hybridized carbons (Fsp3) is 0.143. The predicted octanol–water partition coefficient (Wildman–Crippen LogP) is 3.23. The molecule has 0 radical (unpaired) electrons. The summed E-state index contributed by atoms with van der Waals surface area (Å²) in [4.78, 5) is 16.0. The number of rotatable bonds is 3. The molecular weight excluding hydrogens is 248 g/mol. The molecular formula is C14H13ClN2O. The molecule has 0 spiro atoms. The molecule has 0 saturated carbocycles. The van der Waals surface area contributed by atoms with Gasteiger partial charge < -0.3 is 5.32 Å². The van der Waals surface area contributed by atoms with Gasteiger partial charge in [-0.1, -0.05) is 23.7 Å². The first-order chi connectivity index (χ1) is 8.68. The van der Waals surface area contributed by atoms with Crippen molar-refractivity contribution in [3.05, 3.63) is 64.9 Å². The Balaban J connectivity index is 2.11. The van der Waals surface area contributed by atoms with E-state index in [1.54, 1.807) is 36.7 Å². The van der Waals surface area contributed by atoms with Gasteiger partial charge in [0.15, 0.2) is 0 Å². The minimum Gasteiger partial charge on any atom is -0.345 e. The molecule has 92 valence electrons. The Kier molecular flexibility index (Phi) is 3.95. The van der Waals surface area contributed by atoms with Crippen LogP contribution in [-0.2, 0) is 0 Å². The SMILES string of the molecule is CC(NC(=O)c1ccccc1Cl)c1ccncc1. The number of nitrogens with one attached hydrogen (secondary N) is 1. The van der Waals surface area contributed by atoms with Crippen molar-refractivity contribution in [1.82, 2.24) is 10.3 Å². The van der Waals surface area contributed by atoms with Crippen molar-refractivity contribution >= 4 is 17.5 Å². The van der Waals surface area contributed by atoms with Crippen molar-refractivity contribution in [3.8, 4) is 0 Å². The lowest BCUT2D eigenvalue weighted by atomic mass is 10.1. The predicted molar refractivity (Wildman–Crippen MR) is 71.6 cm³/mol. The molecule has 1 amide bonds. The van der Waals surface area contributed by atoms with Crippen LogP contribution in [0.3, 0.4) is 0 Å². The van der Waals surface area contributed by atoms with Crippen LogP contribution in [0.2, 0.25) is 5.02 Å². The molecule has 0 bridgehead atoms. The second kappa shape index (κ2) is 5.65. The number of nitrogens with zero attached hydrogens (tertiary/aromatic N) is 1. The summed E-state index contributed by atoms with van der Waals surface area (Å²) in [5, 5.41) is 3.36. The number of carbonyl (C=O) groups excluding carboxylic acids is 1. The van der Waals surface area contributed by atoms with Crippen molar-refractivity contribution < 1.29 is 4.79 Å². The molecule has 1 heterocycles. The maximum atomic E-state index is 12.0. The fourth-order valence-electron chi connectivity index (χ4n) is 1.66. The van der Waals surface area contributed by atoms with Crippen molar-refractivity contribution in [2.24, 2.45) is 0 Å². The van der Waals surface area contributed by atoms with Crippen LogP contribution >= 0.6 is 11.6 Å². The van der Waals surface area contributed by atoms with Gasteiger partial charge in [0, 0.05) is 12.4 Å². The van der Waals surface area contributed by atoms with Gasteiger partial charge in [0.2, 0.25) is 0 Å². The molecule has 0 aliphatic heterocycles. The highest BCUT2D eigenvalue weighted by Gasteiger charge is 2.13. The molecule has 0 aliphatic rings. The van der Waals surface area contributed by atoms with Gasteiger partial charge in [0.05, 0.1) is 16.6 Å². The zero-order chi connectivity index (χ0) is 13.0. The second-order valence-corrected chi connectivity index (χ2v) is 4.36. The molecule has 0 fully saturated rings. The average Bonchev–Trinajstić information content (AvgIpc) is 2.40. The largest absolute Gasteiger partial charge is 0.345 e. The van der Waals surface area contributed by atoms with Gasteiger partial charge in [0.25, 0.3) is 5.91 Å². The molecule has 1 aromatic heterocycles. The fourth-order valence-corrected chi connectivity index (χ4v) is 1.88.